The lowest BCUT2D eigenvalue weighted by atomic mass is 9.86. The van der Waals surface area contributed by atoms with E-state index in [2.05, 4.69) is 5.32 Å². The molecule has 2 aromatic carbocycles. The smallest absolute Gasteiger partial charge is 0.244 e. The molecule has 0 heterocycles. The third kappa shape index (κ3) is 3.08. The third-order valence-corrected chi connectivity index (χ3v) is 4.63. The van der Waals surface area contributed by atoms with Crippen molar-refractivity contribution in [1.82, 2.24) is 5.32 Å². The molecule has 1 amide bonds. The van der Waals surface area contributed by atoms with Crippen LogP contribution in [0, 0.1) is 0 Å². The zero-order chi connectivity index (χ0) is 16.4. The minimum atomic E-state index is -1.05. The lowest BCUT2D eigenvalue weighted by Crippen LogP contribution is -2.50. The van der Waals surface area contributed by atoms with Gasteiger partial charge in [-0.2, -0.15) is 0 Å². The number of fused-ring (bicyclic) bond motifs is 1. The Kier molecular flexibility index (Phi) is 4.09. The van der Waals surface area contributed by atoms with Gasteiger partial charge in [-0.3, -0.25) is 4.79 Å². The van der Waals surface area contributed by atoms with Gasteiger partial charge in [-0.1, -0.05) is 36.4 Å². The molecule has 23 heavy (non-hydrogen) atoms. The molecule has 0 aliphatic heterocycles. The Morgan fingerprint density at radius 2 is 1.96 bits per heavy atom. The SMILES string of the molecule is CC(N)(C(=O)NC1CCCc2cc(N)ccc21)c1ccccc1. The average Bonchev–Trinajstić information content (AvgIpc) is 2.55. The maximum Gasteiger partial charge on any atom is 0.244 e. The van der Waals surface area contributed by atoms with E-state index in [1.165, 1.54) is 5.56 Å². The van der Waals surface area contributed by atoms with Gasteiger partial charge in [0.15, 0.2) is 0 Å². The van der Waals surface area contributed by atoms with Crippen LogP contribution in [-0.4, -0.2) is 5.91 Å². The second-order valence-corrected chi connectivity index (χ2v) is 6.44. The van der Waals surface area contributed by atoms with E-state index >= 15 is 0 Å². The van der Waals surface area contributed by atoms with Gasteiger partial charge < -0.3 is 16.8 Å². The molecule has 5 N–H and O–H groups in total. The normalized spacial score (nSPS) is 19.5. The number of nitrogens with one attached hydrogen (secondary N) is 1. The number of carbonyl (C=O) groups excluding carboxylic acids is 1. The molecule has 1 aliphatic carbocycles. The molecular weight excluding hydrogens is 286 g/mol. The predicted molar refractivity (Wildman–Crippen MR) is 92.7 cm³/mol. The minimum absolute atomic E-state index is 0.00145. The number of hydrogen-bond donors (Lipinski definition) is 3. The summed E-state index contributed by atoms with van der Waals surface area (Å²) in [4.78, 5) is 12.7. The van der Waals surface area contributed by atoms with Gasteiger partial charge in [-0.15, -0.1) is 0 Å². The summed E-state index contributed by atoms with van der Waals surface area (Å²) in [5.41, 5.74) is 15.1. The van der Waals surface area contributed by atoms with Gasteiger partial charge in [-0.25, -0.2) is 0 Å². The van der Waals surface area contributed by atoms with E-state index in [0.29, 0.717) is 0 Å². The van der Waals surface area contributed by atoms with Gasteiger partial charge in [-0.05, 0) is 55.0 Å². The first kappa shape index (κ1) is 15.6. The van der Waals surface area contributed by atoms with Crippen molar-refractivity contribution in [1.29, 1.82) is 0 Å². The van der Waals surface area contributed by atoms with Gasteiger partial charge >= 0.3 is 0 Å². The number of nitrogens with two attached hydrogens (primary N) is 2. The molecule has 120 valence electrons. The maximum atomic E-state index is 12.7. The Balaban J connectivity index is 1.82. The van der Waals surface area contributed by atoms with Gasteiger partial charge in [0.05, 0.1) is 6.04 Å². The van der Waals surface area contributed by atoms with E-state index in [0.717, 1.165) is 36.1 Å². The molecule has 2 atom stereocenters. The fraction of sp³-hybridized carbons (Fsp3) is 0.316. The molecule has 0 bridgehead atoms. The Labute approximate surface area is 136 Å². The summed E-state index contributed by atoms with van der Waals surface area (Å²) >= 11 is 0. The molecule has 0 fully saturated rings. The first-order valence-electron chi connectivity index (χ1n) is 8.02. The van der Waals surface area contributed by atoms with Crippen LogP contribution in [0.15, 0.2) is 48.5 Å². The standard InChI is InChI=1S/C19H23N3O/c1-19(21,14-7-3-2-4-8-14)18(23)22-17-9-5-6-13-12-15(20)10-11-16(13)17/h2-4,7-8,10-12,17H,5-6,9,20-21H2,1H3,(H,22,23). The first-order valence-corrected chi connectivity index (χ1v) is 8.02. The quantitative estimate of drug-likeness (QED) is 0.762. The number of rotatable bonds is 3. The molecule has 4 nitrogen and oxygen atoms in total. The largest absolute Gasteiger partial charge is 0.399 e. The number of aryl methyl sites for hydroxylation is 1. The molecule has 2 unspecified atom stereocenters. The van der Waals surface area contributed by atoms with E-state index in [1.54, 1.807) is 6.92 Å². The summed E-state index contributed by atoms with van der Waals surface area (Å²) in [5, 5.41) is 3.13. The van der Waals surface area contributed by atoms with Gasteiger partial charge in [0.25, 0.3) is 0 Å². The van der Waals surface area contributed by atoms with Crippen molar-refractivity contribution in [2.75, 3.05) is 5.73 Å². The number of carbonyl (C=O) groups is 1. The van der Waals surface area contributed by atoms with Crippen LogP contribution in [0.4, 0.5) is 5.69 Å². The molecule has 0 saturated carbocycles. The fourth-order valence-electron chi connectivity index (χ4n) is 3.21. The fourth-order valence-corrected chi connectivity index (χ4v) is 3.21. The van der Waals surface area contributed by atoms with E-state index in [4.69, 9.17) is 11.5 Å². The molecule has 0 radical (unpaired) electrons. The summed E-state index contributed by atoms with van der Waals surface area (Å²) in [6.45, 7) is 1.75. The van der Waals surface area contributed by atoms with Crippen molar-refractivity contribution in [3.63, 3.8) is 0 Å². The highest BCUT2D eigenvalue weighted by molar-refractivity contribution is 5.87. The minimum Gasteiger partial charge on any atom is -0.399 e. The van der Waals surface area contributed by atoms with Crippen molar-refractivity contribution in [2.45, 2.75) is 37.8 Å². The summed E-state index contributed by atoms with van der Waals surface area (Å²) in [7, 11) is 0. The molecule has 2 aromatic rings. The van der Waals surface area contributed by atoms with Crippen LogP contribution < -0.4 is 16.8 Å². The van der Waals surface area contributed by atoms with Crippen LogP contribution in [0.25, 0.3) is 0 Å². The summed E-state index contributed by atoms with van der Waals surface area (Å²) in [6.07, 6.45) is 2.97. The van der Waals surface area contributed by atoms with E-state index < -0.39 is 5.54 Å². The predicted octanol–water partition coefficient (Wildman–Crippen LogP) is 2.64. The third-order valence-electron chi connectivity index (χ3n) is 4.63. The Morgan fingerprint density at radius 1 is 1.22 bits per heavy atom. The second-order valence-electron chi connectivity index (χ2n) is 6.44. The lowest BCUT2D eigenvalue weighted by molar-refractivity contribution is -0.127. The number of amides is 1. The lowest BCUT2D eigenvalue weighted by Gasteiger charge is -2.31. The highest BCUT2D eigenvalue weighted by atomic mass is 16.2. The van der Waals surface area contributed by atoms with Crippen LogP contribution >= 0.6 is 0 Å². The van der Waals surface area contributed by atoms with Crippen LogP contribution in [0.5, 0.6) is 0 Å². The van der Waals surface area contributed by atoms with Crippen molar-refractivity contribution >= 4 is 11.6 Å². The number of benzene rings is 2. The van der Waals surface area contributed by atoms with Crippen molar-refractivity contribution in [2.24, 2.45) is 5.73 Å². The van der Waals surface area contributed by atoms with Crippen molar-refractivity contribution in [3.05, 3.63) is 65.2 Å². The Bertz CT molecular complexity index is 710. The maximum absolute atomic E-state index is 12.7. The highest BCUT2D eigenvalue weighted by Crippen LogP contribution is 2.31. The molecule has 4 heteroatoms. The number of nitrogen functional groups attached to an aromatic ring is 1. The van der Waals surface area contributed by atoms with E-state index in [-0.39, 0.29) is 11.9 Å². The summed E-state index contributed by atoms with van der Waals surface area (Å²) in [5.74, 6) is -0.154. The Hall–Kier alpha value is -2.33. The Morgan fingerprint density at radius 3 is 2.70 bits per heavy atom. The molecule has 0 saturated heterocycles. The van der Waals surface area contributed by atoms with E-state index in [9.17, 15) is 4.79 Å². The molecule has 0 spiro atoms. The molecular formula is C19H23N3O. The van der Waals surface area contributed by atoms with Crippen molar-refractivity contribution < 1.29 is 4.79 Å². The molecule has 1 aliphatic rings. The zero-order valence-electron chi connectivity index (χ0n) is 13.4. The topological polar surface area (TPSA) is 81.1 Å². The zero-order valence-corrected chi connectivity index (χ0v) is 13.4. The molecule has 0 aromatic heterocycles. The van der Waals surface area contributed by atoms with Crippen LogP contribution in [0.3, 0.4) is 0 Å². The summed E-state index contributed by atoms with van der Waals surface area (Å²) < 4.78 is 0. The molecule has 3 rings (SSSR count). The number of hydrogen-bond acceptors (Lipinski definition) is 3. The summed E-state index contributed by atoms with van der Waals surface area (Å²) in [6, 6.07) is 15.4. The first-order chi connectivity index (χ1) is 11.0. The van der Waals surface area contributed by atoms with Crippen molar-refractivity contribution in [3.8, 4) is 0 Å². The second kappa shape index (κ2) is 6.05. The van der Waals surface area contributed by atoms with Gasteiger partial charge in [0, 0.05) is 5.69 Å². The highest BCUT2D eigenvalue weighted by Gasteiger charge is 2.33. The van der Waals surface area contributed by atoms with Gasteiger partial charge in [0.1, 0.15) is 5.54 Å². The van der Waals surface area contributed by atoms with E-state index in [1.807, 2.05) is 48.5 Å². The van der Waals surface area contributed by atoms with Gasteiger partial charge in [0.2, 0.25) is 5.91 Å². The van der Waals surface area contributed by atoms with Crippen LogP contribution in [0.1, 0.15) is 42.5 Å². The monoisotopic (exact) mass is 309 g/mol. The number of anilines is 1. The average molecular weight is 309 g/mol. The van der Waals surface area contributed by atoms with Crippen LogP contribution in [0.2, 0.25) is 0 Å². The van der Waals surface area contributed by atoms with Crippen LogP contribution in [-0.2, 0) is 16.8 Å².